The quantitative estimate of drug-likeness (QED) is 0.454. The van der Waals surface area contributed by atoms with Gasteiger partial charge < -0.3 is 14.9 Å². The highest BCUT2D eigenvalue weighted by molar-refractivity contribution is 5.87. The Morgan fingerprint density at radius 1 is 1.27 bits per heavy atom. The summed E-state index contributed by atoms with van der Waals surface area (Å²) in [4.78, 5) is 23.8. The van der Waals surface area contributed by atoms with Crippen LogP contribution in [-0.4, -0.2) is 22.0 Å². The van der Waals surface area contributed by atoms with Gasteiger partial charge in [-0.15, -0.1) is 0 Å². The summed E-state index contributed by atoms with van der Waals surface area (Å²) >= 11 is 0. The van der Waals surface area contributed by atoms with Gasteiger partial charge in [0.2, 0.25) is 5.75 Å². The minimum absolute atomic E-state index is 0.0242. The number of fused-ring (bicyclic) bond motifs is 5. The molecule has 0 radical (unpaired) electrons. The third-order valence-electron chi connectivity index (χ3n) is 7.23. The molecule has 2 fully saturated rings. The van der Waals surface area contributed by atoms with Crippen molar-refractivity contribution in [2.45, 2.75) is 58.8 Å². The summed E-state index contributed by atoms with van der Waals surface area (Å²) in [6, 6.07) is 1.70. The Labute approximate surface area is 153 Å². The zero-order valence-electron chi connectivity index (χ0n) is 15.5. The van der Waals surface area contributed by atoms with Crippen LogP contribution in [0.15, 0.2) is 6.07 Å². The number of aromatic hydroxyl groups is 2. The van der Waals surface area contributed by atoms with Gasteiger partial charge in [-0.05, 0) is 61.0 Å². The molecule has 3 aliphatic carbocycles. The van der Waals surface area contributed by atoms with E-state index in [0.29, 0.717) is 30.0 Å². The van der Waals surface area contributed by atoms with Gasteiger partial charge in [-0.25, -0.2) is 0 Å². The highest BCUT2D eigenvalue weighted by Gasteiger charge is 2.56. The predicted molar refractivity (Wildman–Crippen MR) is 95.3 cm³/mol. The maximum atomic E-state index is 12.5. The van der Waals surface area contributed by atoms with Crippen LogP contribution < -0.4 is 4.74 Å². The Kier molecular flexibility index (Phi) is 3.83. The van der Waals surface area contributed by atoms with Gasteiger partial charge in [-0.2, -0.15) is 0 Å². The topological polar surface area (TPSA) is 83.8 Å². The number of esters is 1. The Hall–Kier alpha value is -2.04. The minimum atomic E-state index is -0.528. The summed E-state index contributed by atoms with van der Waals surface area (Å²) in [7, 11) is 0. The van der Waals surface area contributed by atoms with Crippen molar-refractivity contribution >= 4 is 11.8 Å². The largest absolute Gasteiger partial charge is 0.504 e. The maximum absolute atomic E-state index is 12.5. The van der Waals surface area contributed by atoms with Crippen LogP contribution in [0.1, 0.15) is 63.5 Å². The molecule has 0 aliphatic heterocycles. The average molecular weight is 358 g/mol. The number of hydrogen-bond donors (Lipinski definition) is 2. The van der Waals surface area contributed by atoms with Crippen LogP contribution >= 0.6 is 0 Å². The van der Waals surface area contributed by atoms with Crippen LogP contribution in [0, 0.1) is 23.2 Å². The lowest BCUT2D eigenvalue weighted by Gasteiger charge is -2.51. The second-order valence-electron chi connectivity index (χ2n) is 8.63. The first-order valence-corrected chi connectivity index (χ1v) is 9.53. The minimum Gasteiger partial charge on any atom is -0.504 e. The summed E-state index contributed by atoms with van der Waals surface area (Å²) in [5, 5.41) is 21.1. The van der Waals surface area contributed by atoms with Crippen LogP contribution in [0.2, 0.25) is 0 Å². The molecule has 5 nitrogen and oxygen atoms in total. The summed E-state index contributed by atoms with van der Waals surface area (Å²) in [5.74, 6) is 0.541. The second-order valence-corrected chi connectivity index (χ2v) is 8.63. The van der Waals surface area contributed by atoms with E-state index in [-0.39, 0.29) is 28.6 Å². The number of carbonyl (C=O) groups excluding carboxylic acids is 2. The fourth-order valence-corrected chi connectivity index (χ4v) is 6.10. The zero-order chi connectivity index (χ0) is 18.8. The number of carbonyl (C=O) groups is 2. The lowest BCUT2D eigenvalue weighted by atomic mass is 9.53. The van der Waals surface area contributed by atoms with Crippen molar-refractivity contribution in [1.82, 2.24) is 0 Å². The molecule has 2 N–H and O–H groups in total. The van der Waals surface area contributed by atoms with Gasteiger partial charge in [0.25, 0.3) is 0 Å². The number of Topliss-reactive ketones (excluding diaryl/α,β-unsaturated/α-hetero) is 1. The standard InChI is InChI=1S/C21H26O5/c1-10-8-12-9-15(26-11(2)22)19(24)20(25)18(12)13-6-7-21(3)14(17(10)13)4-5-16(21)23/h9-10,13-14,17,24-25H,4-8H2,1-3H3/t10-,13+,14+,17-,21+/m1/s1. The normalized spacial score (nSPS) is 35.4. The molecular weight excluding hydrogens is 332 g/mol. The molecule has 0 amide bonds. The average Bonchev–Trinajstić information content (AvgIpc) is 2.87. The number of ether oxygens (including phenoxy) is 1. The molecule has 2 saturated carbocycles. The van der Waals surface area contributed by atoms with Gasteiger partial charge in [0.05, 0.1) is 0 Å². The van der Waals surface area contributed by atoms with E-state index in [1.54, 1.807) is 6.07 Å². The van der Waals surface area contributed by atoms with E-state index < -0.39 is 5.97 Å². The first-order valence-electron chi connectivity index (χ1n) is 9.53. The van der Waals surface area contributed by atoms with E-state index in [2.05, 4.69) is 13.8 Å². The molecule has 0 bridgehead atoms. The third-order valence-corrected chi connectivity index (χ3v) is 7.23. The van der Waals surface area contributed by atoms with Crippen molar-refractivity contribution in [3.8, 4) is 17.2 Å². The Balaban J connectivity index is 1.79. The van der Waals surface area contributed by atoms with Crippen molar-refractivity contribution < 1.29 is 24.5 Å². The van der Waals surface area contributed by atoms with Gasteiger partial charge in [-0.1, -0.05) is 13.8 Å². The molecule has 4 rings (SSSR count). The molecule has 3 aliphatic rings. The Bertz CT molecular complexity index is 798. The van der Waals surface area contributed by atoms with E-state index in [9.17, 15) is 19.8 Å². The summed E-state index contributed by atoms with van der Waals surface area (Å²) in [6.07, 6.45) is 4.00. The zero-order valence-corrected chi connectivity index (χ0v) is 15.5. The van der Waals surface area contributed by atoms with E-state index >= 15 is 0 Å². The first-order chi connectivity index (χ1) is 12.2. The van der Waals surface area contributed by atoms with Crippen molar-refractivity contribution in [3.63, 3.8) is 0 Å². The van der Waals surface area contributed by atoms with E-state index in [4.69, 9.17) is 4.74 Å². The van der Waals surface area contributed by atoms with Gasteiger partial charge in [0.15, 0.2) is 11.5 Å². The summed E-state index contributed by atoms with van der Waals surface area (Å²) in [6.45, 7) is 5.60. The molecule has 1 aromatic rings. The molecule has 140 valence electrons. The fraction of sp³-hybridized carbons (Fsp3) is 0.619. The van der Waals surface area contributed by atoms with Crippen molar-refractivity contribution in [3.05, 3.63) is 17.2 Å². The second kappa shape index (κ2) is 5.73. The number of ketones is 1. The fourth-order valence-electron chi connectivity index (χ4n) is 6.10. The first kappa shape index (κ1) is 17.4. The van der Waals surface area contributed by atoms with Crippen LogP contribution in [0.5, 0.6) is 17.2 Å². The predicted octanol–water partition coefficient (Wildman–Crippen LogP) is 3.69. The van der Waals surface area contributed by atoms with Gasteiger partial charge in [0.1, 0.15) is 5.78 Å². The number of phenols is 2. The van der Waals surface area contributed by atoms with Gasteiger partial charge >= 0.3 is 5.97 Å². The molecular formula is C21H26O5. The molecule has 0 saturated heterocycles. The van der Waals surface area contributed by atoms with Crippen LogP contribution in [0.3, 0.4) is 0 Å². The van der Waals surface area contributed by atoms with E-state index in [1.165, 1.54) is 6.92 Å². The summed E-state index contributed by atoms with van der Waals surface area (Å²) in [5.41, 5.74) is 1.50. The van der Waals surface area contributed by atoms with Crippen molar-refractivity contribution in [2.75, 3.05) is 0 Å². The lowest BCUT2D eigenvalue weighted by molar-refractivity contribution is -0.132. The molecule has 0 aromatic heterocycles. The number of hydrogen-bond acceptors (Lipinski definition) is 5. The van der Waals surface area contributed by atoms with Crippen LogP contribution in [0.25, 0.3) is 0 Å². The summed E-state index contributed by atoms with van der Waals surface area (Å²) < 4.78 is 5.07. The van der Waals surface area contributed by atoms with Crippen LogP contribution in [0.4, 0.5) is 0 Å². The number of phenolic OH excluding ortho intramolecular Hbond substituents is 2. The van der Waals surface area contributed by atoms with Crippen molar-refractivity contribution in [2.24, 2.45) is 23.2 Å². The molecule has 5 atom stereocenters. The molecule has 1 aromatic carbocycles. The number of rotatable bonds is 1. The molecule has 26 heavy (non-hydrogen) atoms. The number of benzene rings is 1. The third kappa shape index (κ3) is 2.29. The highest BCUT2D eigenvalue weighted by Crippen LogP contribution is 2.63. The molecule has 5 heteroatoms. The van der Waals surface area contributed by atoms with E-state index in [0.717, 1.165) is 36.8 Å². The van der Waals surface area contributed by atoms with Gasteiger partial charge in [-0.3, -0.25) is 9.59 Å². The van der Waals surface area contributed by atoms with Crippen LogP contribution in [-0.2, 0) is 16.0 Å². The molecule has 0 unspecified atom stereocenters. The monoisotopic (exact) mass is 358 g/mol. The smallest absolute Gasteiger partial charge is 0.308 e. The van der Waals surface area contributed by atoms with Crippen molar-refractivity contribution in [1.29, 1.82) is 0 Å². The molecule has 0 spiro atoms. The lowest BCUT2D eigenvalue weighted by Crippen LogP contribution is -2.45. The Morgan fingerprint density at radius 2 is 2.00 bits per heavy atom. The van der Waals surface area contributed by atoms with E-state index in [1.807, 2.05) is 0 Å². The van der Waals surface area contributed by atoms with Gasteiger partial charge in [0, 0.05) is 24.3 Å². The highest BCUT2D eigenvalue weighted by atomic mass is 16.5. The molecule has 0 heterocycles. The maximum Gasteiger partial charge on any atom is 0.308 e. The SMILES string of the molecule is CC(=O)Oc1cc2c(c(O)c1O)[C@H]1CC[C@]3(C)C(=O)CC[C@H]3[C@@H]1[C@H](C)C2. The Morgan fingerprint density at radius 3 is 2.69 bits per heavy atom.